The third-order valence-corrected chi connectivity index (χ3v) is 2.80. The molecule has 1 N–H and O–H groups in total. The van der Waals surface area contributed by atoms with E-state index in [0.717, 1.165) is 24.2 Å². The molecule has 0 spiro atoms. The number of fused-ring (bicyclic) bond motifs is 1. The van der Waals surface area contributed by atoms with Crippen LogP contribution in [0.25, 0.3) is 0 Å². The summed E-state index contributed by atoms with van der Waals surface area (Å²) in [7, 11) is 0. The van der Waals surface area contributed by atoms with Crippen molar-refractivity contribution >= 4 is 23.2 Å². The molecule has 0 aliphatic carbocycles. The molecule has 2 rings (SSSR count). The molecule has 0 saturated heterocycles. The lowest BCUT2D eigenvalue weighted by Gasteiger charge is -2.24. The second-order valence-electron chi connectivity index (χ2n) is 3.77. The van der Waals surface area contributed by atoms with Gasteiger partial charge in [-0.25, -0.2) is 4.98 Å². The maximum atomic E-state index is 11.7. The Hall–Kier alpha value is -1.09. The fraction of sp³-hybridized carbons (Fsp3) is 0.455. The van der Waals surface area contributed by atoms with E-state index in [1.165, 1.54) is 0 Å². The van der Waals surface area contributed by atoms with Crippen molar-refractivity contribution in [1.29, 1.82) is 0 Å². The number of rotatable bonds is 2. The first kappa shape index (κ1) is 10.4. The Morgan fingerprint density at radius 3 is 3.13 bits per heavy atom. The van der Waals surface area contributed by atoms with Gasteiger partial charge in [0.05, 0.1) is 6.04 Å². The Morgan fingerprint density at radius 2 is 2.40 bits per heavy atom. The number of nitrogens with one attached hydrogen (secondary N) is 1. The molecule has 1 aromatic rings. The zero-order valence-corrected chi connectivity index (χ0v) is 9.34. The molecule has 0 bridgehead atoms. The third kappa shape index (κ3) is 2.12. The van der Waals surface area contributed by atoms with Crippen LogP contribution < -0.4 is 5.32 Å². The van der Waals surface area contributed by atoms with Crippen LogP contribution in [-0.2, 0) is 11.2 Å². The molecule has 0 radical (unpaired) electrons. The number of pyridine rings is 1. The first-order valence-electron chi connectivity index (χ1n) is 5.15. The molecule has 4 heteroatoms. The van der Waals surface area contributed by atoms with E-state index in [2.05, 4.69) is 17.2 Å². The fourth-order valence-corrected chi connectivity index (χ4v) is 1.96. The van der Waals surface area contributed by atoms with Gasteiger partial charge in [-0.2, -0.15) is 0 Å². The minimum Gasteiger partial charge on any atom is -0.360 e. The molecule has 1 atom stereocenters. The molecule has 0 aromatic carbocycles. The van der Waals surface area contributed by atoms with Crippen LogP contribution >= 0.6 is 11.6 Å². The van der Waals surface area contributed by atoms with Crippen molar-refractivity contribution in [3.8, 4) is 0 Å². The number of halogens is 1. The molecule has 15 heavy (non-hydrogen) atoms. The van der Waals surface area contributed by atoms with Crippen molar-refractivity contribution in [3.05, 3.63) is 22.8 Å². The maximum absolute atomic E-state index is 11.7. The molecule has 80 valence electrons. The van der Waals surface area contributed by atoms with Crippen LogP contribution in [0.2, 0.25) is 5.15 Å². The van der Waals surface area contributed by atoms with E-state index < -0.39 is 0 Å². The van der Waals surface area contributed by atoms with E-state index in [-0.39, 0.29) is 11.8 Å². The largest absolute Gasteiger partial charge is 0.360 e. The van der Waals surface area contributed by atoms with Crippen molar-refractivity contribution in [2.45, 2.75) is 32.2 Å². The summed E-state index contributed by atoms with van der Waals surface area (Å²) in [5.41, 5.74) is 0.941. The molecule has 1 aliphatic heterocycles. The van der Waals surface area contributed by atoms with E-state index in [1.807, 2.05) is 6.07 Å². The zero-order chi connectivity index (χ0) is 10.8. The minimum absolute atomic E-state index is 0.0894. The molecule has 0 saturated carbocycles. The summed E-state index contributed by atoms with van der Waals surface area (Å²) >= 11 is 5.80. The number of carbonyl (C=O) groups excluding carboxylic acids is 1. The van der Waals surface area contributed by atoms with Gasteiger partial charge in [0.2, 0.25) is 0 Å². The Morgan fingerprint density at radius 1 is 1.60 bits per heavy atom. The van der Waals surface area contributed by atoms with Crippen LogP contribution in [-0.4, -0.2) is 16.8 Å². The SMILES string of the molecule is CCCC1Nc2nc(Cl)ccc2CC1=O. The highest BCUT2D eigenvalue weighted by Crippen LogP contribution is 2.24. The smallest absolute Gasteiger partial charge is 0.159 e. The van der Waals surface area contributed by atoms with E-state index in [0.29, 0.717) is 11.6 Å². The van der Waals surface area contributed by atoms with E-state index >= 15 is 0 Å². The van der Waals surface area contributed by atoms with Gasteiger partial charge >= 0.3 is 0 Å². The summed E-state index contributed by atoms with van der Waals surface area (Å²) < 4.78 is 0. The van der Waals surface area contributed by atoms with E-state index in [1.54, 1.807) is 6.07 Å². The van der Waals surface area contributed by atoms with Gasteiger partial charge in [0.25, 0.3) is 0 Å². The van der Waals surface area contributed by atoms with E-state index in [9.17, 15) is 4.79 Å². The Kier molecular flexibility index (Phi) is 2.91. The number of Topliss-reactive ketones (excluding diaryl/α,β-unsaturated/α-hetero) is 1. The van der Waals surface area contributed by atoms with Gasteiger partial charge in [0.1, 0.15) is 11.0 Å². The monoisotopic (exact) mass is 224 g/mol. The zero-order valence-electron chi connectivity index (χ0n) is 8.59. The minimum atomic E-state index is -0.0894. The van der Waals surface area contributed by atoms with Crippen molar-refractivity contribution in [3.63, 3.8) is 0 Å². The Balaban J connectivity index is 2.26. The fourth-order valence-electron chi connectivity index (χ4n) is 1.81. The topological polar surface area (TPSA) is 42.0 Å². The van der Waals surface area contributed by atoms with Gasteiger partial charge in [-0.05, 0) is 12.5 Å². The van der Waals surface area contributed by atoms with Gasteiger partial charge in [-0.1, -0.05) is 31.0 Å². The van der Waals surface area contributed by atoms with E-state index in [4.69, 9.17) is 11.6 Å². The molecule has 2 heterocycles. The third-order valence-electron chi connectivity index (χ3n) is 2.59. The van der Waals surface area contributed by atoms with Crippen LogP contribution in [0.15, 0.2) is 12.1 Å². The molecule has 1 unspecified atom stereocenters. The summed E-state index contributed by atoms with van der Waals surface area (Å²) in [5, 5.41) is 3.61. The Labute approximate surface area is 93.8 Å². The number of aromatic nitrogens is 1. The van der Waals surface area contributed by atoms with Gasteiger partial charge in [-0.3, -0.25) is 4.79 Å². The summed E-state index contributed by atoms with van der Waals surface area (Å²) in [6.45, 7) is 2.07. The first-order chi connectivity index (χ1) is 7.20. The predicted molar refractivity (Wildman–Crippen MR) is 60.3 cm³/mol. The molecule has 0 fully saturated rings. The number of ketones is 1. The number of anilines is 1. The van der Waals surface area contributed by atoms with Crippen LogP contribution in [0.4, 0.5) is 5.82 Å². The van der Waals surface area contributed by atoms with Gasteiger partial charge in [0.15, 0.2) is 5.78 Å². The predicted octanol–water partition coefficient (Wildman–Crippen LogP) is 2.44. The highest BCUT2D eigenvalue weighted by atomic mass is 35.5. The number of hydrogen-bond acceptors (Lipinski definition) is 3. The van der Waals surface area contributed by atoms with Crippen LogP contribution in [0.1, 0.15) is 25.3 Å². The summed E-state index contributed by atoms with van der Waals surface area (Å²) in [5.74, 6) is 1.01. The van der Waals surface area contributed by atoms with Gasteiger partial charge in [-0.15, -0.1) is 0 Å². The lowest BCUT2D eigenvalue weighted by atomic mass is 9.96. The average Bonchev–Trinajstić information content (AvgIpc) is 2.20. The van der Waals surface area contributed by atoms with Crippen molar-refractivity contribution in [2.24, 2.45) is 0 Å². The van der Waals surface area contributed by atoms with Crippen molar-refractivity contribution in [2.75, 3.05) is 5.32 Å². The molecule has 1 aliphatic rings. The molecular weight excluding hydrogens is 212 g/mol. The van der Waals surface area contributed by atoms with Crippen LogP contribution in [0.5, 0.6) is 0 Å². The van der Waals surface area contributed by atoms with Gasteiger partial charge in [0, 0.05) is 12.0 Å². The van der Waals surface area contributed by atoms with Crippen molar-refractivity contribution in [1.82, 2.24) is 4.98 Å². The first-order valence-corrected chi connectivity index (χ1v) is 5.53. The quantitative estimate of drug-likeness (QED) is 0.785. The lowest BCUT2D eigenvalue weighted by Crippen LogP contribution is -2.35. The van der Waals surface area contributed by atoms with Crippen LogP contribution in [0.3, 0.4) is 0 Å². The van der Waals surface area contributed by atoms with Crippen molar-refractivity contribution < 1.29 is 4.79 Å². The summed E-state index contributed by atoms with van der Waals surface area (Å²) in [6.07, 6.45) is 2.31. The van der Waals surface area contributed by atoms with Crippen LogP contribution in [0, 0.1) is 0 Å². The standard InChI is InChI=1S/C11H13ClN2O/c1-2-3-8-9(15)6-7-4-5-10(12)14-11(7)13-8/h4-5,8H,2-3,6H2,1H3,(H,13,14). The molecule has 0 amide bonds. The normalized spacial score (nSPS) is 19.6. The van der Waals surface area contributed by atoms with Gasteiger partial charge < -0.3 is 5.32 Å². The number of hydrogen-bond donors (Lipinski definition) is 1. The average molecular weight is 225 g/mol. The highest BCUT2D eigenvalue weighted by Gasteiger charge is 2.25. The Bertz CT molecular complexity index is 392. The molecule has 1 aromatic heterocycles. The molecule has 3 nitrogen and oxygen atoms in total. The molecular formula is C11H13ClN2O. The number of nitrogens with zero attached hydrogens (tertiary/aromatic N) is 1. The lowest BCUT2D eigenvalue weighted by molar-refractivity contribution is -0.119. The number of carbonyl (C=O) groups is 1. The highest BCUT2D eigenvalue weighted by molar-refractivity contribution is 6.29. The summed E-state index contributed by atoms with van der Waals surface area (Å²) in [6, 6.07) is 3.49. The second-order valence-corrected chi connectivity index (χ2v) is 4.16. The maximum Gasteiger partial charge on any atom is 0.159 e. The summed E-state index contributed by atoms with van der Waals surface area (Å²) in [4.78, 5) is 15.9. The second kappa shape index (κ2) is 4.19.